The zero-order chi connectivity index (χ0) is 19.3. The number of sulfonamides is 1. The van der Waals surface area contributed by atoms with E-state index >= 15 is 0 Å². The number of nitrogens with zero attached hydrogens (tertiary/aromatic N) is 1. The predicted octanol–water partition coefficient (Wildman–Crippen LogP) is 2.78. The van der Waals surface area contributed by atoms with E-state index in [1.807, 2.05) is 17.5 Å². The Morgan fingerprint density at radius 3 is 2.48 bits per heavy atom. The zero-order valence-electron chi connectivity index (χ0n) is 15.0. The second-order valence-corrected chi connectivity index (χ2v) is 9.48. The highest BCUT2D eigenvalue weighted by Crippen LogP contribution is 2.22. The van der Waals surface area contributed by atoms with Gasteiger partial charge < -0.3 is 10.4 Å². The van der Waals surface area contributed by atoms with Crippen LogP contribution in [0.4, 0.5) is 0 Å². The number of hydrogen-bond donors (Lipinski definition) is 2. The molecule has 2 N–H and O–H groups in total. The maximum atomic E-state index is 12.6. The molecule has 6 nitrogen and oxygen atoms in total. The van der Waals surface area contributed by atoms with Crippen molar-refractivity contribution in [3.05, 3.63) is 52.2 Å². The molecule has 1 aromatic carbocycles. The van der Waals surface area contributed by atoms with Gasteiger partial charge in [-0.15, -0.1) is 11.3 Å². The molecule has 1 atom stereocenters. The Balaban J connectivity index is 1.55. The second-order valence-electron chi connectivity index (χ2n) is 6.56. The van der Waals surface area contributed by atoms with Crippen molar-refractivity contribution in [1.29, 1.82) is 0 Å². The Labute approximate surface area is 163 Å². The first kappa shape index (κ1) is 20.0. The number of rotatable bonds is 7. The minimum atomic E-state index is -3.49. The lowest BCUT2D eigenvalue weighted by atomic mass is 10.2. The maximum Gasteiger partial charge on any atom is 0.251 e. The Kier molecular flexibility index (Phi) is 6.64. The summed E-state index contributed by atoms with van der Waals surface area (Å²) in [6.07, 6.45) is 2.66. The summed E-state index contributed by atoms with van der Waals surface area (Å²) in [7, 11) is -3.49. The number of carbonyl (C=O) groups is 1. The highest BCUT2D eigenvalue weighted by atomic mass is 32.2. The van der Waals surface area contributed by atoms with Crippen molar-refractivity contribution in [2.45, 2.75) is 36.7 Å². The van der Waals surface area contributed by atoms with Gasteiger partial charge in [-0.2, -0.15) is 4.31 Å². The number of carbonyl (C=O) groups excluding carboxylic acids is 1. The Morgan fingerprint density at radius 2 is 1.85 bits per heavy atom. The molecule has 0 aliphatic carbocycles. The van der Waals surface area contributed by atoms with E-state index in [9.17, 15) is 18.3 Å². The first-order valence-electron chi connectivity index (χ1n) is 9.08. The fraction of sp³-hybridized carbons (Fsp3) is 0.421. The Morgan fingerprint density at radius 1 is 1.15 bits per heavy atom. The summed E-state index contributed by atoms with van der Waals surface area (Å²) in [4.78, 5) is 13.3. The number of hydrogen-bond acceptors (Lipinski definition) is 5. The smallest absolute Gasteiger partial charge is 0.251 e. The number of nitrogens with one attached hydrogen (secondary N) is 1. The molecular weight excluding hydrogens is 384 g/mol. The first-order valence-corrected chi connectivity index (χ1v) is 11.4. The van der Waals surface area contributed by atoms with Crippen LogP contribution in [0.5, 0.6) is 0 Å². The van der Waals surface area contributed by atoms with Gasteiger partial charge in [0.1, 0.15) is 0 Å². The molecule has 0 spiro atoms. The van der Waals surface area contributed by atoms with E-state index in [-0.39, 0.29) is 10.8 Å². The van der Waals surface area contributed by atoms with Gasteiger partial charge >= 0.3 is 0 Å². The van der Waals surface area contributed by atoms with Gasteiger partial charge in [0.2, 0.25) is 10.0 Å². The molecule has 1 fully saturated rings. The van der Waals surface area contributed by atoms with E-state index in [4.69, 9.17) is 0 Å². The summed E-state index contributed by atoms with van der Waals surface area (Å²) in [5.74, 6) is -0.282. The molecule has 3 rings (SSSR count). The highest BCUT2D eigenvalue weighted by molar-refractivity contribution is 7.89. The number of piperidine rings is 1. The van der Waals surface area contributed by atoms with Crippen LogP contribution in [0.2, 0.25) is 0 Å². The van der Waals surface area contributed by atoms with E-state index in [2.05, 4.69) is 5.32 Å². The third-order valence-corrected chi connectivity index (χ3v) is 7.53. The second kappa shape index (κ2) is 8.97. The largest absolute Gasteiger partial charge is 0.388 e. The summed E-state index contributed by atoms with van der Waals surface area (Å²) >= 11 is 1.48. The molecule has 0 radical (unpaired) electrons. The van der Waals surface area contributed by atoms with Crippen molar-refractivity contribution in [2.24, 2.45) is 0 Å². The van der Waals surface area contributed by atoms with Crippen LogP contribution in [0.1, 0.15) is 47.0 Å². The molecule has 0 saturated carbocycles. The molecule has 1 aromatic heterocycles. The standard InChI is InChI=1S/C19H24N2O4S2/c22-17(18-5-4-14-26-18)10-11-20-19(23)15-6-8-16(9-7-15)27(24,25)21-12-2-1-3-13-21/h4-9,14,17,22H,1-3,10-13H2,(H,20,23). The average Bonchev–Trinajstić information content (AvgIpc) is 3.23. The van der Waals surface area contributed by atoms with E-state index in [0.717, 1.165) is 24.1 Å². The van der Waals surface area contributed by atoms with E-state index in [1.165, 1.54) is 39.9 Å². The van der Waals surface area contributed by atoms with Crippen molar-refractivity contribution >= 4 is 27.3 Å². The van der Waals surface area contributed by atoms with Crippen LogP contribution in [0, 0.1) is 0 Å². The average molecular weight is 409 g/mol. The Hall–Kier alpha value is -1.74. The molecule has 2 heterocycles. The lowest BCUT2D eigenvalue weighted by Crippen LogP contribution is -2.35. The number of aliphatic hydroxyl groups is 1. The van der Waals surface area contributed by atoms with Crippen LogP contribution >= 0.6 is 11.3 Å². The van der Waals surface area contributed by atoms with Crippen LogP contribution in [-0.2, 0) is 10.0 Å². The summed E-state index contributed by atoms with van der Waals surface area (Å²) < 4.78 is 26.8. The first-order chi connectivity index (χ1) is 13.0. The number of aliphatic hydroxyl groups excluding tert-OH is 1. The SMILES string of the molecule is O=C(NCCC(O)c1cccs1)c1ccc(S(=O)(=O)N2CCCCC2)cc1. The molecule has 146 valence electrons. The van der Waals surface area contributed by atoms with Crippen LogP contribution in [0.15, 0.2) is 46.7 Å². The maximum absolute atomic E-state index is 12.6. The van der Waals surface area contributed by atoms with Crippen molar-refractivity contribution in [3.8, 4) is 0 Å². The number of benzene rings is 1. The molecule has 1 aliphatic heterocycles. The van der Waals surface area contributed by atoms with Crippen molar-refractivity contribution < 1.29 is 18.3 Å². The van der Waals surface area contributed by atoms with Crippen LogP contribution < -0.4 is 5.32 Å². The lowest BCUT2D eigenvalue weighted by Gasteiger charge is -2.25. The van der Waals surface area contributed by atoms with E-state index in [0.29, 0.717) is 31.6 Å². The van der Waals surface area contributed by atoms with Gasteiger partial charge in [-0.1, -0.05) is 12.5 Å². The molecule has 1 aliphatic rings. The predicted molar refractivity (Wildman–Crippen MR) is 105 cm³/mol. The zero-order valence-corrected chi connectivity index (χ0v) is 16.6. The normalized spacial score (nSPS) is 16.8. The minimum absolute atomic E-state index is 0.217. The van der Waals surface area contributed by atoms with E-state index in [1.54, 1.807) is 0 Å². The van der Waals surface area contributed by atoms with E-state index < -0.39 is 16.1 Å². The molecule has 0 bridgehead atoms. The summed E-state index contributed by atoms with van der Waals surface area (Å²) in [5.41, 5.74) is 0.401. The van der Waals surface area contributed by atoms with Gasteiger partial charge in [0.15, 0.2) is 0 Å². The summed E-state index contributed by atoms with van der Waals surface area (Å²) in [5, 5.41) is 14.7. The highest BCUT2D eigenvalue weighted by Gasteiger charge is 2.25. The molecule has 1 unspecified atom stereocenters. The van der Waals surface area contributed by atoms with Crippen molar-refractivity contribution in [2.75, 3.05) is 19.6 Å². The van der Waals surface area contributed by atoms with Gasteiger partial charge in [-0.3, -0.25) is 4.79 Å². The topological polar surface area (TPSA) is 86.7 Å². The van der Waals surface area contributed by atoms with Gasteiger partial charge in [0, 0.05) is 30.1 Å². The molecule has 2 aromatic rings. The molecular formula is C19H24N2O4S2. The molecule has 1 saturated heterocycles. The molecule has 1 amide bonds. The lowest BCUT2D eigenvalue weighted by molar-refractivity contribution is 0.0943. The van der Waals surface area contributed by atoms with Gasteiger partial charge in [0.05, 0.1) is 11.0 Å². The summed E-state index contributed by atoms with van der Waals surface area (Å²) in [6.45, 7) is 1.44. The van der Waals surface area contributed by atoms with Crippen LogP contribution in [0.3, 0.4) is 0 Å². The van der Waals surface area contributed by atoms with Crippen LogP contribution in [0.25, 0.3) is 0 Å². The quantitative estimate of drug-likeness (QED) is 0.738. The van der Waals surface area contributed by atoms with Gasteiger partial charge in [-0.05, 0) is 55.0 Å². The van der Waals surface area contributed by atoms with Gasteiger partial charge in [0.25, 0.3) is 5.91 Å². The molecule has 8 heteroatoms. The fourth-order valence-electron chi connectivity index (χ4n) is 3.08. The summed E-state index contributed by atoms with van der Waals surface area (Å²) in [6, 6.07) is 9.77. The third kappa shape index (κ3) is 4.95. The Bertz CT molecular complexity index is 842. The number of thiophene rings is 1. The monoisotopic (exact) mass is 408 g/mol. The number of amides is 1. The molecule has 27 heavy (non-hydrogen) atoms. The van der Waals surface area contributed by atoms with Gasteiger partial charge in [-0.25, -0.2) is 8.42 Å². The van der Waals surface area contributed by atoms with Crippen molar-refractivity contribution in [3.63, 3.8) is 0 Å². The minimum Gasteiger partial charge on any atom is -0.388 e. The third-order valence-electron chi connectivity index (χ3n) is 4.64. The van der Waals surface area contributed by atoms with Crippen LogP contribution in [-0.4, -0.2) is 43.4 Å². The van der Waals surface area contributed by atoms with Crippen molar-refractivity contribution in [1.82, 2.24) is 9.62 Å². The fourth-order valence-corrected chi connectivity index (χ4v) is 5.34.